The summed E-state index contributed by atoms with van der Waals surface area (Å²) in [5, 5.41) is 2.83. The lowest BCUT2D eigenvalue weighted by atomic mass is 10.00. The molecule has 0 atom stereocenters. The summed E-state index contributed by atoms with van der Waals surface area (Å²) < 4.78 is 5.59. The minimum atomic E-state index is -0.169. The zero-order valence-corrected chi connectivity index (χ0v) is 13.5. The van der Waals surface area contributed by atoms with E-state index in [0.717, 1.165) is 11.3 Å². The molecule has 22 heavy (non-hydrogen) atoms. The van der Waals surface area contributed by atoms with E-state index < -0.39 is 0 Å². The number of ether oxygens (including phenoxy) is 1. The van der Waals surface area contributed by atoms with Gasteiger partial charge < -0.3 is 15.0 Å². The number of benzene rings is 1. The number of anilines is 1. The molecule has 1 aromatic carbocycles. The van der Waals surface area contributed by atoms with Gasteiger partial charge in [0.15, 0.2) is 5.78 Å². The number of Topliss-reactive ketones (excluding diaryl/α,β-unsaturated/α-hetero) is 1. The van der Waals surface area contributed by atoms with Crippen LogP contribution < -0.4 is 5.32 Å². The zero-order chi connectivity index (χ0) is 16.3. The highest BCUT2D eigenvalue weighted by Crippen LogP contribution is 2.35. The Morgan fingerprint density at radius 3 is 2.59 bits per heavy atom. The number of amides is 1. The molecule has 1 aromatic rings. The Labute approximate surface area is 130 Å². The van der Waals surface area contributed by atoms with Gasteiger partial charge >= 0.3 is 0 Å². The minimum absolute atomic E-state index is 0.0287. The average Bonchev–Trinajstić information content (AvgIpc) is 2.79. The highest BCUT2D eigenvalue weighted by molar-refractivity contribution is 6.32. The highest BCUT2D eigenvalue weighted by atomic mass is 16.5. The van der Waals surface area contributed by atoms with E-state index in [9.17, 15) is 9.59 Å². The normalized spacial score (nSPS) is 15.6. The quantitative estimate of drug-likeness (QED) is 0.498. The highest BCUT2D eigenvalue weighted by Gasteiger charge is 2.28. The fraction of sp³-hybridized carbons (Fsp3) is 0.412. The largest absolute Gasteiger partial charge is 0.497 e. The van der Waals surface area contributed by atoms with Crippen molar-refractivity contribution < 1.29 is 14.3 Å². The van der Waals surface area contributed by atoms with Gasteiger partial charge in [-0.05, 0) is 39.2 Å². The number of carbonyl (C=O) groups excluding carboxylic acids is 2. The van der Waals surface area contributed by atoms with E-state index in [1.54, 1.807) is 18.2 Å². The van der Waals surface area contributed by atoms with Crippen molar-refractivity contribution in [3.63, 3.8) is 0 Å². The molecular weight excluding hydrogens is 280 g/mol. The molecular formula is C17H22N2O3. The summed E-state index contributed by atoms with van der Waals surface area (Å²) in [5.41, 5.74) is 2.62. The van der Waals surface area contributed by atoms with Crippen LogP contribution in [0.25, 0.3) is 5.57 Å². The van der Waals surface area contributed by atoms with E-state index in [-0.39, 0.29) is 11.7 Å². The monoisotopic (exact) mass is 302 g/mol. The fourth-order valence-corrected chi connectivity index (χ4v) is 2.52. The van der Waals surface area contributed by atoms with Crippen LogP contribution >= 0.6 is 0 Å². The summed E-state index contributed by atoms with van der Waals surface area (Å²) in [5.74, 6) is 0.523. The standard InChI is InChI=1S/C17H22N2O3/c1-5-15(22-6-2)16-12-9-11(14(20)10-19(3)4)7-8-13(12)18-17(16)21/h7-9H,5-6,10H2,1-4H3,(H,18,21)/b16-15-. The van der Waals surface area contributed by atoms with Crippen LogP contribution in [0.2, 0.25) is 0 Å². The van der Waals surface area contributed by atoms with E-state index in [1.807, 2.05) is 32.8 Å². The lowest BCUT2D eigenvalue weighted by Crippen LogP contribution is -2.21. The number of hydrogen-bond acceptors (Lipinski definition) is 4. The fourth-order valence-electron chi connectivity index (χ4n) is 2.52. The van der Waals surface area contributed by atoms with Gasteiger partial charge in [0.1, 0.15) is 5.76 Å². The second-order valence-electron chi connectivity index (χ2n) is 5.46. The summed E-state index contributed by atoms with van der Waals surface area (Å²) in [7, 11) is 3.71. The molecule has 0 aromatic heterocycles. The maximum Gasteiger partial charge on any atom is 0.259 e. The van der Waals surface area contributed by atoms with Crippen LogP contribution in [0.1, 0.15) is 36.2 Å². The van der Waals surface area contributed by atoms with Gasteiger partial charge in [-0.2, -0.15) is 0 Å². The molecule has 0 saturated carbocycles. The first kappa shape index (κ1) is 16.2. The topological polar surface area (TPSA) is 58.6 Å². The molecule has 2 rings (SSSR count). The third-order valence-electron chi connectivity index (χ3n) is 3.46. The average molecular weight is 302 g/mol. The first-order valence-corrected chi connectivity index (χ1v) is 7.47. The van der Waals surface area contributed by atoms with E-state index in [1.165, 1.54) is 0 Å². The molecule has 0 spiro atoms. The van der Waals surface area contributed by atoms with Gasteiger partial charge in [-0.3, -0.25) is 9.59 Å². The molecule has 0 bridgehead atoms. The van der Waals surface area contributed by atoms with E-state index >= 15 is 0 Å². The van der Waals surface area contributed by atoms with Gasteiger partial charge in [0.05, 0.1) is 18.7 Å². The maximum absolute atomic E-state index is 12.2. The van der Waals surface area contributed by atoms with Crippen molar-refractivity contribution in [3.8, 4) is 0 Å². The van der Waals surface area contributed by atoms with Gasteiger partial charge in [-0.25, -0.2) is 0 Å². The molecule has 1 amide bonds. The lowest BCUT2D eigenvalue weighted by molar-refractivity contribution is -0.111. The van der Waals surface area contributed by atoms with Crippen molar-refractivity contribution >= 4 is 23.0 Å². The number of rotatable bonds is 6. The van der Waals surface area contributed by atoms with Crippen LogP contribution in [0, 0.1) is 0 Å². The second-order valence-corrected chi connectivity index (χ2v) is 5.46. The van der Waals surface area contributed by atoms with Gasteiger partial charge in [-0.15, -0.1) is 0 Å². The zero-order valence-electron chi connectivity index (χ0n) is 13.5. The van der Waals surface area contributed by atoms with Crippen molar-refractivity contribution in [2.24, 2.45) is 0 Å². The molecule has 0 radical (unpaired) electrons. The van der Waals surface area contributed by atoms with Crippen LogP contribution in [-0.4, -0.2) is 43.8 Å². The molecule has 5 heteroatoms. The van der Waals surface area contributed by atoms with E-state index in [4.69, 9.17) is 4.74 Å². The Kier molecular flexibility index (Phi) is 4.98. The molecule has 0 aliphatic carbocycles. The SMILES string of the molecule is CCO/C(CC)=C1\C(=O)Nc2ccc(C(=O)CN(C)C)cc21. The van der Waals surface area contributed by atoms with Crippen LogP contribution in [0.5, 0.6) is 0 Å². The Balaban J connectivity index is 2.46. The predicted molar refractivity (Wildman–Crippen MR) is 86.8 cm³/mol. The Morgan fingerprint density at radius 1 is 1.27 bits per heavy atom. The molecule has 118 valence electrons. The van der Waals surface area contributed by atoms with Crippen molar-refractivity contribution in [1.29, 1.82) is 0 Å². The van der Waals surface area contributed by atoms with Crippen LogP contribution in [0.3, 0.4) is 0 Å². The third kappa shape index (κ3) is 3.20. The Hall–Kier alpha value is -2.14. The lowest BCUT2D eigenvalue weighted by Gasteiger charge is -2.11. The number of likely N-dealkylation sites (N-methyl/N-ethyl adjacent to an activating group) is 1. The first-order valence-electron chi connectivity index (χ1n) is 7.47. The number of allylic oxidation sites excluding steroid dienone is 1. The maximum atomic E-state index is 12.2. The summed E-state index contributed by atoms with van der Waals surface area (Å²) in [6, 6.07) is 5.31. The molecule has 1 N–H and O–H groups in total. The molecule has 0 unspecified atom stereocenters. The van der Waals surface area contributed by atoms with Gasteiger partial charge in [-0.1, -0.05) is 6.92 Å². The Morgan fingerprint density at radius 2 is 2.00 bits per heavy atom. The van der Waals surface area contributed by atoms with Crippen LogP contribution in [-0.2, 0) is 9.53 Å². The van der Waals surface area contributed by atoms with Gasteiger partial charge in [0.25, 0.3) is 5.91 Å². The number of hydrogen-bond donors (Lipinski definition) is 1. The molecule has 1 aliphatic rings. The van der Waals surface area contributed by atoms with Crippen LogP contribution in [0.15, 0.2) is 24.0 Å². The molecule has 5 nitrogen and oxygen atoms in total. The number of carbonyl (C=O) groups is 2. The Bertz CT molecular complexity index is 633. The molecule has 0 fully saturated rings. The summed E-state index contributed by atoms with van der Waals surface area (Å²) >= 11 is 0. The number of fused-ring (bicyclic) bond motifs is 1. The third-order valence-corrected chi connectivity index (χ3v) is 3.46. The summed E-state index contributed by atoms with van der Waals surface area (Å²) in [6.07, 6.45) is 0.631. The predicted octanol–water partition coefficient (Wildman–Crippen LogP) is 2.54. The van der Waals surface area contributed by atoms with E-state index in [0.29, 0.717) is 36.5 Å². The van der Waals surface area contributed by atoms with Gasteiger partial charge in [0, 0.05) is 23.2 Å². The van der Waals surface area contributed by atoms with E-state index in [2.05, 4.69) is 5.32 Å². The summed E-state index contributed by atoms with van der Waals surface area (Å²) in [6.45, 7) is 4.69. The number of ketones is 1. The summed E-state index contributed by atoms with van der Waals surface area (Å²) in [4.78, 5) is 26.3. The van der Waals surface area contributed by atoms with Gasteiger partial charge in [0.2, 0.25) is 0 Å². The molecule has 1 heterocycles. The minimum Gasteiger partial charge on any atom is -0.497 e. The van der Waals surface area contributed by atoms with Crippen molar-refractivity contribution in [2.45, 2.75) is 20.3 Å². The molecule has 1 aliphatic heterocycles. The van der Waals surface area contributed by atoms with Crippen LogP contribution in [0.4, 0.5) is 5.69 Å². The van der Waals surface area contributed by atoms with Crippen molar-refractivity contribution in [2.75, 3.05) is 32.6 Å². The molecule has 0 saturated heterocycles. The smallest absolute Gasteiger partial charge is 0.259 e. The number of nitrogens with zero attached hydrogens (tertiary/aromatic N) is 1. The first-order chi connectivity index (χ1) is 10.5. The number of nitrogens with one attached hydrogen (secondary N) is 1. The van der Waals surface area contributed by atoms with Crippen molar-refractivity contribution in [1.82, 2.24) is 4.90 Å². The second kappa shape index (κ2) is 6.75. The van der Waals surface area contributed by atoms with Crippen molar-refractivity contribution in [3.05, 3.63) is 35.1 Å².